The summed E-state index contributed by atoms with van der Waals surface area (Å²) in [7, 11) is 4.28. The lowest BCUT2D eigenvalue weighted by molar-refractivity contribution is 0.0525. The minimum Gasteiger partial charge on any atom is -0.318 e. The zero-order valence-electron chi connectivity index (χ0n) is 10.1. The third kappa shape index (κ3) is 2.94. The first-order chi connectivity index (χ1) is 6.69. The Labute approximate surface area is 88.5 Å². The van der Waals surface area contributed by atoms with E-state index in [1.54, 1.807) is 0 Å². The first-order valence-electron chi connectivity index (χ1n) is 5.78. The summed E-state index contributed by atoms with van der Waals surface area (Å²) in [6.45, 7) is 9.35. The molecular formula is C11H25N3. The summed E-state index contributed by atoms with van der Waals surface area (Å²) in [5, 5.41) is 3.29. The van der Waals surface area contributed by atoms with Gasteiger partial charge in [-0.15, -0.1) is 0 Å². The van der Waals surface area contributed by atoms with Gasteiger partial charge in [0, 0.05) is 31.7 Å². The Kier molecular flexibility index (Phi) is 4.85. The van der Waals surface area contributed by atoms with E-state index >= 15 is 0 Å². The molecule has 3 heteroatoms. The van der Waals surface area contributed by atoms with Gasteiger partial charge in [0.05, 0.1) is 0 Å². The molecule has 2 unspecified atom stereocenters. The predicted molar refractivity (Wildman–Crippen MR) is 61.7 cm³/mol. The second-order valence-corrected chi connectivity index (χ2v) is 4.50. The summed E-state index contributed by atoms with van der Waals surface area (Å²) < 4.78 is 0. The van der Waals surface area contributed by atoms with Crippen molar-refractivity contribution in [2.45, 2.75) is 32.4 Å². The van der Waals surface area contributed by atoms with Crippen LogP contribution >= 0.6 is 0 Å². The van der Waals surface area contributed by atoms with Crippen molar-refractivity contribution in [2.75, 3.05) is 40.3 Å². The highest BCUT2D eigenvalue weighted by molar-refractivity contribution is 4.85. The third-order valence-electron chi connectivity index (χ3n) is 3.22. The molecule has 1 aliphatic heterocycles. The van der Waals surface area contributed by atoms with Crippen LogP contribution in [-0.2, 0) is 0 Å². The van der Waals surface area contributed by atoms with Crippen molar-refractivity contribution in [1.29, 1.82) is 0 Å². The van der Waals surface area contributed by atoms with Gasteiger partial charge in [-0.05, 0) is 34.0 Å². The molecule has 0 radical (unpaired) electrons. The molecule has 0 amide bonds. The Morgan fingerprint density at radius 1 is 1.36 bits per heavy atom. The average Bonchev–Trinajstić information content (AvgIpc) is 2.14. The standard InChI is InChI=1S/C11H25N3/c1-5-6-14-8-10(2)13(4)9-11(14)7-12-3/h10-12H,5-9H2,1-4H3. The van der Waals surface area contributed by atoms with Crippen molar-refractivity contribution in [3.8, 4) is 0 Å². The number of nitrogens with one attached hydrogen (secondary N) is 1. The van der Waals surface area contributed by atoms with Gasteiger partial charge >= 0.3 is 0 Å². The monoisotopic (exact) mass is 199 g/mol. The molecule has 1 saturated heterocycles. The summed E-state index contributed by atoms with van der Waals surface area (Å²) in [5.74, 6) is 0. The highest BCUT2D eigenvalue weighted by atomic mass is 15.3. The zero-order valence-corrected chi connectivity index (χ0v) is 10.1. The number of nitrogens with zero attached hydrogens (tertiary/aromatic N) is 2. The van der Waals surface area contributed by atoms with E-state index in [9.17, 15) is 0 Å². The summed E-state index contributed by atoms with van der Waals surface area (Å²) in [5.41, 5.74) is 0. The number of rotatable bonds is 4. The molecule has 1 aliphatic rings. The third-order valence-corrected chi connectivity index (χ3v) is 3.22. The van der Waals surface area contributed by atoms with E-state index in [1.165, 1.54) is 26.1 Å². The van der Waals surface area contributed by atoms with Gasteiger partial charge in [-0.2, -0.15) is 0 Å². The molecule has 0 aromatic heterocycles. The van der Waals surface area contributed by atoms with Gasteiger partial charge in [0.15, 0.2) is 0 Å². The fourth-order valence-electron chi connectivity index (χ4n) is 2.25. The second kappa shape index (κ2) is 5.69. The number of hydrogen-bond acceptors (Lipinski definition) is 3. The molecule has 84 valence electrons. The van der Waals surface area contributed by atoms with Crippen LogP contribution in [-0.4, -0.2) is 62.2 Å². The maximum Gasteiger partial charge on any atom is 0.0348 e. The smallest absolute Gasteiger partial charge is 0.0348 e. The number of piperazine rings is 1. The molecule has 0 aromatic rings. The fourth-order valence-corrected chi connectivity index (χ4v) is 2.25. The SMILES string of the molecule is CCCN1CC(C)N(C)CC1CNC. The van der Waals surface area contributed by atoms with Gasteiger partial charge < -0.3 is 10.2 Å². The Bertz CT molecular complexity index is 143. The van der Waals surface area contributed by atoms with Crippen LogP contribution in [0.4, 0.5) is 0 Å². The molecule has 14 heavy (non-hydrogen) atoms. The Morgan fingerprint density at radius 2 is 2.07 bits per heavy atom. The summed E-state index contributed by atoms with van der Waals surface area (Å²) in [6, 6.07) is 1.40. The highest BCUT2D eigenvalue weighted by Gasteiger charge is 2.27. The Hall–Kier alpha value is -0.120. The van der Waals surface area contributed by atoms with Crippen molar-refractivity contribution in [1.82, 2.24) is 15.1 Å². The predicted octanol–water partition coefficient (Wildman–Crippen LogP) is 0.620. The largest absolute Gasteiger partial charge is 0.318 e. The zero-order chi connectivity index (χ0) is 10.6. The Balaban J connectivity index is 2.50. The lowest BCUT2D eigenvalue weighted by atomic mass is 10.1. The van der Waals surface area contributed by atoms with E-state index in [-0.39, 0.29) is 0 Å². The summed E-state index contributed by atoms with van der Waals surface area (Å²) >= 11 is 0. The summed E-state index contributed by atoms with van der Waals surface area (Å²) in [4.78, 5) is 5.09. The first kappa shape index (κ1) is 12.0. The van der Waals surface area contributed by atoms with Crippen LogP contribution in [0.25, 0.3) is 0 Å². The fraction of sp³-hybridized carbons (Fsp3) is 1.00. The lowest BCUT2D eigenvalue weighted by Gasteiger charge is -2.43. The molecule has 1 fully saturated rings. The highest BCUT2D eigenvalue weighted by Crippen LogP contribution is 2.13. The van der Waals surface area contributed by atoms with Crippen molar-refractivity contribution < 1.29 is 0 Å². The van der Waals surface area contributed by atoms with Crippen molar-refractivity contribution in [3.63, 3.8) is 0 Å². The number of likely N-dealkylation sites (N-methyl/N-ethyl adjacent to an activating group) is 2. The van der Waals surface area contributed by atoms with E-state index < -0.39 is 0 Å². The minimum absolute atomic E-state index is 0.696. The minimum atomic E-state index is 0.696. The maximum atomic E-state index is 3.29. The van der Waals surface area contributed by atoms with Crippen molar-refractivity contribution >= 4 is 0 Å². The van der Waals surface area contributed by atoms with Gasteiger partial charge in [0.25, 0.3) is 0 Å². The van der Waals surface area contributed by atoms with Gasteiger partial charge in [-0.3, -0.25) is 4.90 Å². The van der Waals surface area contributed by atoms with E-state index in [1.807, 2.05) is 7.05 Å². The molecule has 0 saturated carbocycles. The molecule has 0 aromatic carbocycles. The van der Waals surface area contributed by atoms with Crippen LogP contribution in [0.1, 0.15) is 20.3 Å². The summed E-state index contributed by atoms with van der Waals surface area (Å²) in [6.07, 6.45) is 1.26. The van der Waals surface area contributed by atoms with Crippen LogP contribution in [0, 0.1) is 0 Å². The van der Waals surface area contributed by atoms with Crippen LogP contribution in [0.3, 0.4) is 0 Å². The average molecular weight is 199 g/mol. The normalized spacial score (nSPS) is 30.9. The van der Waals surface area contributed by atoms with Gasteiger partial charge in [0.2, 0.25) is 0 Å². The van der Waals surface area contributed by atoms with Crippen molar-refractivity contribution in [3.05, 3.63) is 0 Å². The van der Waals surface area contributed by atoms with E-state index in [0.717, 1.165) is 6.54 Å². The number of hydrogen-bond donors (Lipinski definition) is 1. The topological polar surface area (TPSA) is 18.5 Å². The molecule has 3 nitrogen and oxygen atoms in total. The van der Waals surface area contributed by atoms with Gasteiger partial charge in [-0.1, -0.05) is 6.92 Å². The molecule has 1 N–H and O–H groups in total. The first-order valence-corrected chi connectivity index (χ1v) is 5.78. The van der Waals surface area contributed by atoms with Crippen LogP contribution in [0.5, 0.6) is 0 Å². The van der Waals surface area contributed by atoms with Gasteiger partial charge in [-0.25, -0.2) is 0 Å². The molecule has 0 spiro atoms. The van der Waals surface area contributed by atoms with Crippen LogP contribution in [0.15, 0.2) is 0 Å². The van der Waals surface area contributed by atoms with Crippen LogP contribution in [0.2, 0.25) is 0 Å². The van der Waals surface area contributed by atoms with Gasteiger partial charge in [0.1, 0.15) is 0 Å². The Morgan fingerprint density at radius 3 is 2.64 bits per heavy atom. The molecular weight excluding hydrogens is 174 g/mol. The van der Waals surface area contributed by atoms with E-state index in [4.69, 9.17) is 0 Å². The quantitative estimate of drug-likeness (QED) is 0.716. The maximum absolute atomic E-state index is 3.29. The molecule has 1 rings (SSSR count). The second-order valence-electron chi connectivity index (χ2n) is 4.50. The molecule has 2 atom stereocenters. The molecule has 0 bridgehead atoms. The van der Waals surface area contributed by atoms with Crippen LogP contribution < -0.4 is 5.32 Å². The van der Waals surface area contributed by atoms with E-state index in [2.05, 4.69) is 36.0 Å². The van der Waals surface area contributed by atoms with E-state index in [0.29, 0.717) is 12.1 Å². The molecule has 0 aliphatic carbocycles. The molecule has 1 heterocycles. The van der Waals surface area contributed by atoms with Crippen molar-refractivity contribution in [2.24, 2.45) is 0 Å². The lowest BCUT2D eigenvalue weighted by Crippen LogP contribution is -2.58.